The van der Waals surface area contributed by atoms with Crippen molar-refractivity contribution in [1.29, 1.82) is 0 Å². The first-order valence-electron chi connectivity index (χ1n) is 5.81. The number of pyridine rings is 1. The summed E-state index contributed by atoms with van der Waals surface area (Å²) in [6.45, 7) is 1.79. The number of aryl methyl sites for hydroxylation is 1. The summed E-state index contributed by atoms with van der Waals surface area (Å²) in [5, 5.41) is 2.48. The van der Waals surface area contributed by atoms with E-state index in [-0.39, 0.29) is 5.69 Å². The predicted octanol–water partition coefficient (Wildman–Crippen LogP) is 3.18. The summed E-state index contributed by atoms with van der Waals surface area (Å²) < 4.78 is 13.5. The van der Waals surface area contributed by atoms with Crippen LogP contribution in [0.5, 0.6) is 0 Å². The molecule has 4 heteroatoms. The third-order valence-electron chi connectivity index (χ3n) is 2.48. The van der Waals surface area contributed by atoms with Gasteiger partial charge in [-0.15, -0.1) is 0 Å². The van der Waals surface area contributed by atoms with E-state index >= 15 is 0 Å². The van der Waals surface area contributed by atoms with E-state index in [9.17, 15) is 9.18 Å². The van der Waals surface area contributed by atoms with Gasteiger partial charge in [-0.25, -0.2) is 4.39 Å². The Bertz CT molecular complexity index is 609. The smallest absolute Gasteiger partial charge is 0.248 e. The second kappa shape index (κ2) is 5.91. The van der Waals surface area contributed by atoms with E-state index in [1.165, 1.54) is 18.2 Å². The van der Waals surface area contributed by atoms with Crippen molar-refractivity contribution in [3.05, 3.63) is 65.7 Å². The van der Waals surface area contributed by atoms with Gasteiger partial charge in [0.05, 0.1) is 11.4 Å². The Morgan fingerprint density at radius 2 is 2.16 bits per heavy atom. The standard InChI is InChI=1S/C15H13FN2O/c1-11-5-7-14(13(16)10-11)18-15(19)8-6-12-4-2-3-9-17-12/h2-10H,1H3,(H,18,19)/b8-6+. The molecule has 0 spiro atoms. The van der Waals surface area contributed by atoms with Crippen LogP contribution in [0, 0.1) is 12.7 Å². The molecule has 1 aromatic carbocycles. The Kier molecular flexibility index (Phi) is 4.03. The lowest BCUT2D eigenvalue weighted by atomic mass is 10.2. The predicted molar refractivity (Wildman–Crippen MR) is 73.0 cm³/mol. The normalized spacial score (nSPS) is 10.6. The van der Waals surface area contributed by atoms with E-state index in [1.807, 2.05) is 6.07 Å². The molecule has 1 heterocycles. The minimum atomic E-state index is -0.445. The van der Waals surface area contributed by atoms with Crippen molar-refractivity contribution in [2.24, 2.45) is 0 Å². The minimum Gasteiger partial charge on any atom is -0.320 e. The fourth-order valence-corrected chi connectivity index (χ4v) is 1.53. The highest BCUT2D eigenvalue weighted by atomic mass is 19.1. The molecule has 0 aliphatic rings. The Morgan fingerprint density at radius 3 is 2.84 bits per heavy atom. The molecule has 2 rings (SSSR count). The number of benzene rings is 1. The Hall–Kier alpha value is -2.49. The van der Waals surface area contributed by atoms with Crippen molar-refractivity contribution in [2.45, 2.75) is 6.92 Å². The van der Waals surface area contributed by atoms with E-state index in [0.717, 1.165) is 5.56 Å². The van der Waals surface area contributed by atoms with Crippen LogP contribution >= 0.6 is 0 Å². The number of hydrogen-bond donors (Lipinski definition) is 1. The average Bonchev–Trinajstić information content (AvgIpc) is 2.41. The minimum absolute atomic E-state index is 0.168. The quantitative estimate of drug-likeness (QED) is 0.857. The molecule has 0 saturated heterocycles. The lowest BCUT2D eigenvalue weighted by Gasteiger charge is -2.04. The fourth-order valence-electron chi connectivity index (χ4n) is 1.53. The number of amides is 1. The SMILES string of the molecule is Cc1ccc(NC(=O)/C=C/c2ccccn2)c(F)c1. The Morgan fingerprint density at radius 1 is 1.32 bits per heavy atom. The van der Waals surface area contributed by atoms with Crippen LogP contribution in [0.1, 0.15) is 11.3 Å². The van der Waals surface area contributed by atoms with Crippen molar-refractivity contribution < 1.29 is 9.18 Å². The second-order valence-corrected chi connectivity index (χ2v) is 4.06. The monoisotopic (exact) mass is 256 g/mol. The van der Waals surface area contributed by atoms with Gasteiger partial charge < -0.3 is 5.32 Å². The highest BCUT2D eigenvalue weighted by molar-refractivity contribution is 6.01. The summed E-state index contributed by atoms with van der Waals surface area (Å²) in [5.41, 5.74) is 1.64. The van der Waals surface area contributed by atoms with Gasteiger partial charge in [0.1, 0.15) is 5.82 Å². The van der Waals surface area contributed by atoms with Crippen molar-refractivity contribution in [3.63, 3.8) is 0 Å². The maximum absolute atomic E-state index is 13.5. The molecule has 0 saturated carbocycles. The maximum atomic E-state index is 13.5. The molecule has 0 atom stereocenters. The largest absolute Gasteiger partial charge is 0.320 e. The molecular weight excluding hydrogens is 243 g/mol. The molecule has 0 unspecified atom stereocenters. The highest BCUT2D eigenvalue weighted by Crippen LogP contribution is 2.15. The number of nitrogens with zero attached hydrogens (tertiary/aromatic N) is 1. The molecule has 1 amide bonds. The van der Waals surface area contributed by atoms with Gasteiger partial charge in [0.15, 0.2) is 0 Å². The van der Waals surface area contributed by atoms with Gasteiger partial charge in [-0.2, -0.15) is 0 Å². The Balaban J connectivity index is 2.04. The zero-order valence-corrected chi connectivity index (χ0v) is 10.4. The molecule has 2 aromatic rings. The van der Waals surface area contributed by atoms with Crippen LogP contribution in [-0.2, 0) is 4.79 Å². The van der Waals surface area contributed by atoms with Crippen LogP contribution in [0.2, 0.25) is 0 Å². The van der Waals surface area contributed by atoms with Gasteiger partial charge in [-0.1, -0.05) is 12.1 Å². The van der Waals surface area contributed by atoms with Gasteiger partial charge >= 0.3 is 0 Å². The van der Waals surface area contributed by atoms with E-state index in [0.29, 0.717) is 5.69 Å². The van der Waals surface area contributed by atoms with Gasteiger partial charge in [-0.05, 0) is 42.8 Å². The molecule has 0 aliphatic heterocycles. The van der Waals surface area contributed by atoms with Crippen LogP contribution in [0.15, 0.2) is 48.7 Å². The van der Waals surface area contributed by atoms with Gasteiger partial charge in [0.2, 0.25) is 5.91 Å². The molecular formula is C15H13FN2O. The molecule has 0 aliphatic carbocycles. The summed E-state index contributed by atoms with van der Waals surface area (Å²) in [6.07, 6.45) is 4.53. The summed E-state index contributed by atoms with van der Waals surface area (Å²) in [7, 11) is 0. The molecule has 0 bridgehead atoms. The number of rotatable bonds is 3. The van der Waals surface area contributed by atoms with Crippen molar-refractivity contribution >= 4 is 17.7 Å². The lowest BCUT2D eigenvalue weighted by molar-refractivity contribution is -0.111. The molecule has 96 valence electrons. The second-order valence-electron chi connectivity index (χ2n) is 4.06. The number of carbonyl (C=O) groups excluding carboxylic acids is 1. The fraction of sp³-hybridized carbons (Fsp3) is 0.0667. The number of carbonyl (C=O) groups is 1. The molecule has 1 N–H and O–H groups in total. The van der Waals surface area contributed by atoms with Gasteiger partial charge in [0, 0.05) is 12.3 Å². The topological polar surface area (TPSA) is 42.0 Å². The van der Waals surface area contributed by atoms with Crippen LogP contribution in [-0.4, -0.2) is 10.9 Å². The zero-order chi connectivity index (χ0) is 13.7. The summed E-state index contributed by atoms with van der Waals surface area (Å²) in [6, 6.07) is 10.0. The first-order valence-corrected chi connectivity index (χ1v) is 5.81. The van der Waals surface area contributed by atoms with Crippen LogP contribution in [0.4, 0.5) is 10.1 Å². The van der Waals surface area contributed by atoms with Crippen molar-refractivity contribution in [1.82, 2.24) is 4.98 Å². The summed E-state index contributed by atoms with van der Waals surface area (Å²) >= 11 is 0. The zero-order valence-electron chi connectivity index (χ0n) is 10.4. The molecule has 3 nitrogen and oxygen atoms in total. The molecule has 1 aromatic heterocycles. The number of nitrogens with one attached hydrogen (secondary N) is 1. The van der Waals surface area contributed by atoms with Crippen LogP contribution < -0.4 is 5.32 Å². The third kappa shape index (κ3) is 3.74. The van der Waals surface area contributed by atoms with Gasteiger partial charge in [0.25, 0.3) is 0 Å². The molecule has 0 radical (unpaired) electrons. The highest BCUT2D eigenvalue weighted by Gasteiger charge is 2.04. The number of anilines is 1. The first-order chi connectivity index (χ1) is 9.15. The maximum Gasteiger partial charge on any atom is 0.248 e. The number of aromatic nitrogens is 1. The summed E-state index contributed by atoms with van der Waals surface area (Å²) in [4.78, 5) is 15.7. The van der Waals surface area contributed by atoms with E-state index < -0.39 is 11.7 Å². The Labute approximate surface area is 110 Å². The average molecular weight is 256 g/mol. The van der Waals surface area contributed by atoms with E-state index in [2.05, 4.69) is 10.3 Å². The molecule has 19 heavy (non-hydrogen) atoms. The van der Waals surface area contributed by atoms with Crippen LogP contribution in [0.3, 0.4) is 0 Å². The van der Waals surface area contributed by atoms with E-state index in [4.69, 9.17) is 0 Å². The van der Waals surface area contributed by atoms with Crippen molar-refractivity contribution in [2.75, 3.05) is 5.32 Å². The van der Waals surface area contributed by atoms with Crippen LogP contribution in [0.25, 0.3) is 6.08 Å². The number of hydrogen-bond acceptors (Lipinski definition) is 2. The summed E-state index contributed by atoms with van der Waals surface area (Å²) in [5.74, 6) is -0.840. The molecule has 0 fully saturated rings. The first kappa shape index (κ1) is 13.0. The van der Waals surface area contributed by atoms with E-state index in [1.54, 1.807) is 37.4 Å². The third-order valence-corrected chi connectivity index (χ3v) is 2.48. The van der Waals surface area contributed by atoms with Gasteiger partial charge in [-0.3, -0.25) is 9.78 Å². The lowest BCUT2D eigenvalue weighted by Crippen LogP contribution is -2.09. The number of halogens is 1. The van der Waals surface area contributed by atoms with Crippen molar-refractivity contribution in [3.8, 4) is 0 Å².